The zero-order chi connectivity index (χ0) is 15.4. The molecule has 8 heteroatoms. The number of carbonyl (C=O) groups is 2. The number of amides is 1. The van der Waals surface area contributed by atoms with Gasteiger partial charge in [-0.1, -0.05) is 23.2 Å². The number of carboxylic acid groups (broad SMARTS) is 1. The Morgan fingerprint density at radius 2 is 2.19 bits per heavy atom. The molecule has 0 bridgehead atoms. The van der Waals surface area contributed by atoms with Crippen molar-refractivity contribution in [1.82, 2.24) is 5.32 Å². The van der Waals surface area contributed by atoms with Crippen molar-refractivity contribution in [2.24, 2.45) is 0 Å². The number of carbonyl (C=O) groups excluding carboxylic acids is 1. The molecule has 1 aliphatic rings. The highest BCUT2D eigenvalue weighted by atomic mass is 35.5. The number of carboxylic acids is 1. The average molecular weight is 333 g/mol. The highest BCUT2D eigenvalue weighted by molar-refractivity contribution is 6.37. The molecule has 1 heterocycles. The van der Waals surface area contributed by atoms with Crippen LogP contribution in [0.2, 0.25) is 10.0 Å². The molecular formula is C13H14Cl2N2O4. The molecule has 1 saturated heterocycles. The smallest absolute Gasteiger partial charge is 0.337 e. The molecule has 1 atom stereocenters. The quantitative estimate of drug-likeness (QED) is 0.785. The molecule has 21 heavy (non-hydrogen) atoms. The van der Waals surface area contributed by atoms with Crippen LogP contribution in [0.4, 0.5) is 5.69 Å². The van der Waals surface area contributed by atoms with Gasteiger partial charge in [0, 0.05) is 24.0 Å². The second-order valence-electron chi connectivity index (χ2n) is 4.59. The third-order valence-corrected chi connectivity index (χ3v) is 3.50. The lowest BCUT2D eigenvalue weighted by Gasteiger charge is -2.23. The number of halogens is 2. The van der Waals surface area contributed by atoms with Crippen molar-refractivity contribution in [2.75, 3.05) is 25.1 Å². The number of aromatic carboxylic acids is 1. The van der Waals surface area contributed by atoms with Crippen molar-refractivity contribution in [1.29, 1.82) is 0 Å². The maximum absolute atomic E-state index is 12.0. The Morgan fingerprint density at radius 1 is 1.43 bits per heavy atom. The first-order valence-corrected chi connectivity index (χ1v) is 7.06. The van der Waals surface area contributed by atoms with E-state index in [2.05, 4.69) is 10.6 Å². The van der Waals surface area contributed by atoms with E-state index in [1.165, 1.54) is 12.1 Å². The van der Waals surface area contributed by atoms with Gasteiger partial charge in [-0.2, -0.15) is 0 Å². The van der Waals surface area contributed by atoms with Gasteiger partial charge in [0.05, 0.1) is 29.5 Å². The van der Waals surface area contributed by atoms with E-state index in [-0.39, 0.29) is 39.7 Å². The van der Waals surface area contributed by atoms with E-state index < -0.39 is 5.97 Å². The zero-order valence-corrected chi connectivity index (χ0v) is 12.5. The van der Waals surface area contributed by atoms with Crippen molar-refractivity contribution < 1.29 is 19.4 Å². The van der Waals surface area contributed by atoms with Gasteiger partial charge in [-0.15, -0.1) is 0 Å². The fraction of sp³-hybridized carbons (Fsp3) is 0.385. The van der Waals surface area contributed by atoms with Gasteiger partial charge in [-0.3, -0.25) is 4.79 Å². The highest BCUT2D eigenvalue weighted by Crippen LogP contribution is 2.30. The van der Waals surface area contributed by atoms with Gasteiger partial charge in [-0.05, 0) is 12.1 Å². The molecule has 0 saturated carbocycles. The molecule has 6 nitrogen and oxygen atoms in total. The molecule has 3 N–H and O–H groups in total. The number of benzene rings is 1. The van der Waals surface area contributed by atoms with Crippen molar-refractivity contribution in [3.8, 4) is 0 Å². The molecule has 1 aliphatic heterocycles. The predicted octanol–water partition coefficient (Wildman–Crippen LogP) is 2.01. The van der Waals surface area contributed by atoms with Gasteiger partial charge in [0.25, 0.3) is 0 Å². The summed E-state index contributed by atoms with van der Waals surface area (Å²) in [6.07, 6.45) is 0.165. The first-order valence-electron chi connectivity index (χ1n) is 6.30. The summed E-state index contributed by atoms with van der Waals surface area (Å²) in [5.41, 5.74) is -0.0935. The van der Waals surface area contributed by atoms with Gasteiger partial charge in [0.2, 0.25) is 5.91 Å². The number of morpholine rings is 1. The van der Waals surface area contributed by atoms with E-state index in [0.29, 0.717) is 19.8 Å². The molecule has 0 radical (unpaired) electrons. The van der Waals surface area contributed by atoms with Crippen LogP contribution in [0.15, 0.2) is 12.1 Å². The minimum absolute atomic E-state index is 0.0512. The summed E-state index contributed by atoms with van der Waals surface area (Å²) in [7, 11) is 0. The van der Waals surface area contributed by atoms with Crippen LogP contribution >= 0.6 is 23.2 Å². The summed E-state index contributed by atoms with van der Waals surface area (Å²) in [4.78, 5) is 23.2. The Labute approximate surface area is 131 Å². The minimum Gasteiger partial charge on any atom is -0.478 e. The van der Waals surface area contributed by atoms with Gasteiger partial charge in [0.1, 0.15) is 0 Å². The molecule has 1 fully saturated rings. The fourth-order valence-corrected chi connectivity index (χ4v) is 2.58. The molecule has 1 aromatic carbocycles. The summed E-state index contributed by atoms with van der Waals surface area (Å²) in [5, 5.41) is 15.1. The van der Waals surface area contributed by atoms with Crippen molar-refractivity contribution in [3.05, 3.63) is 27.7 Å². The van der Waals surface area contributed by atoms with Crippen LogP contribution in [0, 0.1) is 0 Å². The van der Waals surface area contributed by atoms with Crippen LogP contribution < -0.4 is 10.6 Å². The first-order chi connectivity index (χ1) is 9.97. The number of rotatable bonds is 4. The van der Waals surface area contributed by atoms with Crippen LogP contribution in [-0.2, 0) is 9.53 Å². The highest BCUT2D eigenvalue weighted by Gasteiger charge is 2.20. The van der Waals surface area contributed by atoms with Crippen molar-refractivity contribution in [2.45, 2.75) is 12.5 Å². The Bertz CT molecular complexity index is 559. The number of anilines is 1. The van der Waals surface area contributed by atoms with Gasteiger partial charge < -0.3 is 20.5 Å². The minimum atomic E-state index is -1.21. The number of hydrogen-bond donors (Lipinski definition) is 3. The summed E-state index contributed by atoms with van der Waals surface area (Å²) in [6, 6.07) is 2.53. The number of hydrogen-bond acceptors (Lipinski definition) is 4. The van der Waals surface area contributed by atoms with E-state index >= 15 is 0 Å². The molecule has 1 unspecified atom stereocenters. The van der Waals surface area contributed by atoms with Crippen LogP contribution in [0.25, 0.3) is 0 Å². The zero-order valence-electron chi connectivity index (χ0n) is 11.0. The Hall–Kier alpha value is -1.34. The standard InChI is InChI=1S/C13H14Cl2N2O4/c14-7-3-9(13(19)20)12(10(15)4-7)17-11(18)5-8-6-21-2-1-16-8/h3-4,8,16H,1-2,5-6H2,(H,17,18)(H,19,20). The van der Waals surface area contributed by atoms with Crippen LogP contribution in [0.1, 0.15) is 16.8 Å². The Morgan fingerprint density at radius 3 is 2.81 bits per heavy atom. The fourth-order valence-electron chi connectivity index (χ4n) is 2.03. The third-order valence-electron chi connectivity index (χ3n) is 2.98. The predicted molar refractivity (Wildman–Crippen MR) is 79.3 cm³/mol. The lowest BCUT2D eigenvalue weighted by atomic mass is 10.1. The number of nitrogens with one attached hydrogen (secondary N) is 2. The van der Waals surface area contributed by atoms with Gasteiger partial charge in [0.15, 0.2) is 0 Å². The first kappa shape index (κ1) is 16.0. The SMILES string of the molecule is O=C(CC1COCCN1)Nc1c(Cl)cc(Cl)cc1C(=O)O. The van der Waals surface area contributed by atoms with Crippen LogP contribution in [0.3, 0.4) is 0 Å². The van der Waals surface area contributed by atoms with Crippen LogP contribution in [0.5, 0.6) is 0 Å². The maximum Gasteiger partial charge on any atom is 0.337 e. The molecule has 114 valence electrons. The summed E-state index contributed by atoms with van der Waals surface area (Å²) in [6.45, 7) is 1.73. The molecule has 0 aliphatic carbocycles. The lowest BCUT2D eigenvalue weighted by molar-refractivity contribution is -0.117. The van der Waals surface area contributed by atoms with Gasteiger partial charge >= 0.3 is 5.97 Å². The summed E-state index contributed by atoms with van der Waals surface area (Å²) in [5.74, 6) is -1.56. The normalized spacial score (nSPS) is 18.3. The Balaban J connectivity index is 2.11. The molecule has 1 aromatic rings. The second-order valence-corrected chi connectivity index (χ2v) is 5.44. The van der Waals surface area contributed by atoms with E-state index in [1.807, 2.05) is 0 Å². The monoisotopic (exact) mass is 332 g/mol. The topological polar surface area (TPSA) is 87.7 Å². The lowest BCUT2D eigenvalue weighted by Crippen LogP contribution is -2.43. The molecule has 2 rings (SSSR count). The third kappa shape index (κ3) is 4.31. The van der Waals surface area contributed by atoms with E-state index in [4.69, 9.17) is 33.0 Å². The average Bonchev–Trinajstić information content (AvgIpc) is 2.42. The second kappa shape index (κ2) is 7.09. The molecule has 0 spiro atoms. The van der Waals surface area contributed by atoms with Crippen molar-refractivity contribution >= 4 is 40.8 Å². The molecular weight excluding hydrogens is 319 g/mol. The summed E-state index contributed by atoms with van der Waals surface area (Å²) < 4.78 is 5.25. The largest absolute Gasteiger partial charge is 0.478 e. The Kier molecular flexibility index (Phi) is 5.41. The van der Waals surface area contributed by atoms with E-state index in [1.54, 1.807) is 0 Å². The maximum atomic E-state index is 12.0. The molecule has 1 amide bonds. The molecule has 0 aromatic heterocycles. The van der Waals surface area contributed by atoms with Crippen LogP contribution in [-0.4, -0.2) is 42.8 Å². The number of ether oxygens (including phenoxy) is 1. The summed E-state index contributed by atoms with van der Waals surface area (Å²) >= 11 is 11.7. The van der Waals surface area contributed by atoms with Crippen molar-refractivity contribution in [3.63, 3.8) is 0 Å². The van der Waals surface area contributed by atoms with E-state index in [0.717, 1.165) is 0 Å². The van der Waals surface area contributed by atoms with Gasteiger partial charge in [-0.25, -0.2) is 4.79 Å². The van der Waals surface area contributed by atoms with E-state index in [9.17, 15) is 9.59 Å².